The van der Waals surface area contributed by atoms with Crippen LogP contribution in [0.4, 0.5) is 5.69 Å². The molecule has 0 saturated heterocycles. The number of carbonyl (C=O) groups excluding carboxylic acids is 1. The van der Waals surface area contributed by atoms with Gasteiger partial charge in [-0.3, -0.25) is 9.59 Å². The third-order valence-corrected chi connectivity index (χ3v) is 5.79. The molecule has 0 aliphatic carbocycles. The van der Waals surface area contributed by atoms with Crippen molar-refractivity contribution in [2.45, 2.75) is 10.6 Å². The van der Waals surface area contributed by atoms with Crippen LogP contribution in [-0.4, -0.2) is 18.0 Å². The zero-order chi connectivity index (χ0) is 20.9. The lowest BCUT2D eigenvalue weighted by Gasteiger charge is -2.12. The lowest BCUT2D eigenvalue weighted by atomic mass is 10.2. The van der Waals surface area contributed by atoms with E-state index in [1.54, 1.807) is 43.1 Å². The second-order valence-corrected chi connectivity index (χ2v) is 7.66. The number of H-pyrrole nitrogens is 1. The first-order valence-corrected chi connectivity index (χ1v) is 10.4. The summed E-state index contributed by atoms with van der Waals surface area (Å²) < 4.78 is 5.29. The van der Waals surface area contributed by atoms with Crippen molar-refractivity contribution in [3.63, 3.8) is 0 Å². The van der Waals surface area contributed by atoms with Gasteiger partial charge in [0.2, 0.25) is 0 Å². The van der Waals surface area contributed by atoms with E-state index in [1.165, 1.54) is 0 Å². The minimum absolute atomic E-state index is 0.00212. The molecule has 4 aromatic rings. The summed E-state index contributed by atoms with van der Waals surface area (Å²) in [5.74, 6) is 0.857. The predicted molar refractivity (Wildman–Crippen MR) is 122 cm³/mol. The molecule has 0 bridgehead atoms. The molecule has 0 aliphatic heterocycles. The van der Waals surface area contributed by atoms with Crippen molar-refractivity contribution in [1.82, 2.24) is 4.98 Å². The molecule has 0 unspecified atom stereocenters. The number of anilines is 1. The van der Waals surface area contributed by atoms with Crippen molar-refractivity contribution in [2.24, 2.45) is 0 Å². The summed E-state index contributed by atoms with van der Waals surface area (Å²) >= 11 is 1.55. The first-order chi connectivity index (χ1) is 14.7. The van der Waals surface area contributed by atoms with Gasteiger partial charge in [0.1, 0.15) is 5.75 Å². The molecule has 0 radical (unpaired) electrons. The topological polar surface area (TPSA) is 71.2 Å². The van der Waals surface area contributed by atoms with Crippen LogP contribution in [0.25, 0.3) is 10.9 Å². The number of aromatic nitrogens is 1. The molecule has 1 heterocycles. The first-order valence-electron chi connectivity index (χ1n) is 9.43. The van der Waals surface area contributed by atoms with Gasteiger partial charge in [-0.2, -0.15) is 0 Å². The average molecular weight is 417 g/mol. The van der Waals surface area contributed by atoms with Crippen LogP contribution >= 0.6 is 11.8 Å². The molecular formula is C24H20N2O3S. The molecule has 6 heteroatoms. The van der Waals surface area contributed by atoms with E-state index in [2.05, 4.69) is 10.3 Å². The quantitative estimate of drug-likeness (QED) is 0.430. The standard InChI is InChI=1S/C24H20N2O3S/c1-29-22-12-6-3-9-18(22)24(28)26-20-11-5-7-13-23(20)30-15-16-14-21(27)17-8-2-4-10-19(17)25-16/h2-14H,15H2,1H3,(H,25,27)(H,26,28). The second-order valence-electron chi connectivity index (χ2n) is 6.64. The third kappa shape index (κ3) is 4.23. The number of hydrogen-bond donors (Lipinski definition) is 2. The number of amides is 1. The van der Waals surface area contributed by atoms with E-state index < -0.39 is 0 Å². The van der Waals surface area contributed by atoms with E-state index in [-0.39, 0.29) is 11.3 Å². The minimum atomic E-state index is -0.236. The van der Waals surface area contributed by atoms with Crippen LogP contribution in [-0.2, 0) is 5.75 Å². The molecule has 3 aromatic carbocycles. The SMILES string of the molecule is COc1ccccc1C(=O)Nc1ccccc1SCc1cc(=O)c2ccccc2[nH]1. The van der Waals surface area contributed by atoms with Gasteiger partial charge in [-0.05, 0) is 36.4 Å². The van der Waals surface area contributed by atoms with Crippen molar-refractivity contribution in [2.75, 3.05) is 12.4 Å². The van der Waals surface area contributed by atoms with Crippen LogP contribution in [0.1, 0.15) is 16.1 Å². The van der Waals surface area contributed by atoms with Crippen LogP contribution in [0, 0.1) is 0 Å². The summed E-state index contributed by atoms with van der Waals surface area (Å²) in [7, 11) is 1.54. The zero-order valence-corrected chi connectivity index (χ0v) is 17.2. The first kappa shape index (κ1) is 19.8. The maximum atomic E-state index is 12.8. The number of nitrogens with one attached hydrogen (secondary N) is 2. The Balaban J connectivity index is 1.54. The Morgan fingerprint density at radius 3 is 2.60 bits per heavy atom. The summed E-state index contributed by atoms with van der Waals surface area (Å²) in [6.07, 6.45) is 0. The molecule has 0 spiro atoms. The maximum absolute atomic E-state index is 12.8. The Labute approximate surface area is 178 Å². The van der Waals surface area contributed by atoms with Gasteiger partial charge < -0.3 is 15.0 Å². The van der Waals surface area contributed by atoms with Crippen LogP contribution in [0.2, 0.25) is 0 Å². The highest BCUT2D eigenvalue weighted by atomic mass is 32.2. The number of rotatable bonds is 6. The molecule has 1 aromatic heterocycles. The largest absolute Gasteiger partial charge is 0.496 e. The van der Waals surface area contributed by atoms with Crippen LogP contribution < -0.4 is 15.5 Å². The van der Waals surface area contributed by atoms with Crippen molar-refractivity contribution < 1.29 is 9.53 Å². The summed E-state index contributed by atoms with van der Waals surface area (Å²) in [4.78, 5) is 29.3. The smallest absolute Gasteiger partial charge is 0.259 e. The number of thioether (sulfide) groups is 1. The van der Waals surface area contributed by atoms with Crippen LogP contribution in [0.15, 0.2) is 88.6 Å². The summed E-state index contributed by atoms with van der Waals surface area (Å²) in [5.41, 5.74) is 2.82. The number of para-hydroxylation sites is 3. The zero-order valence-electron chi connectivity index (χ0n) is 16.3. The highest BCUT2D eigenvalue weighted by molar-refractivity contribution is 7.98. The van der Waals surface area contributed by atoms with Crippen molar-refractivity contribution >= 4 is 34.3 Å². The molecule has 5 nitrogen and oxygen atoms in total. The minimum Gasteiger partial charge on any atom is -0.496 e. The molecule has 30 heavy (non-hydrogen) atoms. The number of fused-ring (bicyclic) bond motifs is 1. The number of carbonyl (C=O) groups is 1. The Morgan fingerprint density at radius 1 is 1.00 bits per heavy atom. The molecule has 0 saturated carbocycles. The van der Waals surface area contributed by atoms with Gasteiger partial charge >= 0.3 is 0 Å². The average Bonchev–Trinajstić information content (AvgIpc) is 2.78. The molecule has 0 aliphatic rings. The lowest BCUT2D eigenvalue weighted by molar-refractivity contribution is 0.102. The van der Waals surface area contributed by atoms with Gasteiger partial charge in [0.05, 0.1) is 18.4 Å². The van der Waals surface area contributed by atoms with Gasteiger partial charge in [0, 0.05) is 33.3 Å². The lowest BCUT2D eigenvalue weighted by Crippen LogP contribution is -2.13. The summed E-state index contributed by atoms with van der Waals surface area (Å²) in [5, 5.41) is 3.64. The third-order valence-electron chi connectivity index (χ3n) is 4.66. The Morgan fingerprint density at radius 2 is 1.73 bits per heavy atom. The molecule has 1 amide bonds. The fraction of sp³-hybridized carbons (Fsp3) is 0.0833. The number of aromatic amines is 1. The van der Waals surface area contributed by atoms with Gasteiger partial charge in [-0.1, -0.05) is 36.4 Å². The number of ether oxygens (including phenoxy) is 1. The van der Waals surface area contributed by atoms with E-state index in [1.807, 2.05) is 54.6 Å². The fourth-order valence-electron chi connectivity index (χ4n) is 3.20. The summed E-state index contributed by atoms with van der Waals surface area (Å²) in [6, 6.07) is 23.8. The van der Waals surface area contributed by atoms with E-state index in [0.29, 0.717) is 28.1 Å². The molecule has 4 rings (SSSR count). The molecule has 2 N–H and O–H groups in total. The van der Waals surface area contributed by atoms with Gasteiger partial charge in [-0.15, -0.1) is 11.8 Å². The Kier molecular flexibility index (Phi) is 5.86. The van der Waals surface area contributed by atoms with Gasteiger partial charge in [-0.25, -0.2) is 0 Å². The molecular weight excluding hydrogens is 396 g/mol. The fourth-order valence-corrected chi connectivity index (χ4v) is 4.12. The number of pyridine rings is 1. The predicted octanol–water partition coefficient (Wildman–Crippen LogP) is 5.08. The van der Waals surface area contributed by atoms with Crippen LogP contribution in [0.5, 0.6) is 5.75 Å². The number of methoxy groups -OCH3 is 1. The van der Waals surface area contributed by atoms with E-state index in [0.717, 1.165) is 16.1 Å². The van der Waals surface area contributed by atoms with E-state index in [4.69, 9.17) is 4.74 Å². The van der Waals surface area contributed by atoms with Crippen molar-refractivity contribution in [1.29, 1.82) is 0 Å². The Bertz CT molecular complexity index is 1270. The monoisotopic (exact) mass is 416 g/mol. The van der Waals surface area contributed by atoms with Gasteiger partial charge in [0.15, 0.2) is 5.43 Å². The molecule has 150 valence electrons. The number of hydrogen-bond acceptors (Lipinski definition) is 4. The second kappa shape index (κ2) is 8.88. The molecule has 0 fully saturated rings. The van der Waals surface area contributed by atoms with E-state index in [9.17, 15) is 9.59 Å². The van der Waals surface area contributed by atoms with E-state index >= 15 is 0 Å². The highest BCUT2D eigenvalue weighted by Crippen LogP contribution is 2.30. The number of benzene rings is 3. The van der Waals surface area contributed by atoms with Gasteiger partial charge in [0.25, 0.3) is 5.91 Å². The Hall–Kier alpha value is -3.51. The highest BCUT2D eigenvalue weighted by Gasteiger charge is 2.14. The van der Waals surface area contributed by atoms with Crippen molar-refractivity contribution in [3.05, 3.63) is 100 Å². The normalized spacial score (nSPS) is 10.7. The summed E-state index contributed by atoms with van der Waals surface area (Å²) in [6.45, 7) is 0. The van der Waals surface area contributed by atoms with Crippen molar-refractivity contribution in [3.8, 4) is 5.75 Å². The molecule has 0 atom stereocenters. The van der Waals surface area contributed by atoms with Crippen LogP contribution in [0.3, 0.4) is 0 Å². The maximum Gasteiger partial charge on any atom is 0.259 e.